The zero-order valence-corrected chi connectivity index (χ0v) is 10.2. The van der Waals surface area contributed by atoms with E-state index < -0.39 is 0 Å². The lowest BCUT2D eigenvalue weighted by molar-refractivity contribution is 0.345. The fourth-order valence-electron chi connectivity index (χ4n) is 3.81. The van der Waals surface area contributed by atoms with Gasteiger partial charge in [0, 0.05) is 36.1 Å². The van der Waals surface area contributed by atoms with Crippen LogP contribution < -0.4 is 5.32 Å². The van der Waals surface area contributed by atoms with Crippen molar-refractivity contribution in [3.8, 4) is 0 Å². The van der Waals surface area contributed by atoms with E-state index in [0.29, 0.717) is 6.04 Å². The van der Waals surface area contributed by atoms with Crippen molar-refractivity contribution in [1.29, 1.82) is 0 Å². The number of benzene rings is 1. The monoisotopic (exact) mass is 226 g/mol. The van der Waals surface area contributed by atoms with Crippen LogP contribution in [0.1, 0.15) is 29.9 Å². The molecule has 17 heavy (non-hydrogen) atoms. The molecule has 2 nitrogen and oxygen atoms in total. The summed E-state index contributed by atoms with van der Waals surface area (Å²) in [5, 5.41) is 5.25. The molecule has 2 aromatic rings. The third kappa shape index (κ3) is 1.25. The Kier molecular flexibility index (Phi) is 1.92. The molecule has 0 amide bonds. The largest absolute Gasteiger partial charge is 0.350 e. The summed E-state index contributed by atoms with van der Waals surface area (Å²) in [6, 6.07) is 7.48. The second-order valence-electron chi connectivity index (χ2n) is 5.52. The van der Waals surface area contributed by atoms with E-state index in [1.807, 2.05) is 0 Å². The fourth-order valence-corrected chi connectivity index (χ4v) is 3.81. The van der Waals surface area contributed by atoms with Crippen molar-refractivity contribution >= 4 is 10.9 Å². The van der Waals surface area contributed by atoms with Gasteiger partial charge in [-0.2, -0.15) is 0 Å². The molecule has 2 aliphatic rings. The summed E-state index contributed by atoms with van der Waals surface area (Å²) in [5.41, 5.74) is 4.52. The minimum Gasteiger partial charge on any atom is -0.350 e. The van der Waals surface area contributed by atoms with E-state index in [2.05, 4.69) is 41.3 Å². The second-order valence-corrected chi connectivity index (χ2v) is 5.52. The van der Waals surface area contributed by atoms with E-state index in [0.717, 1.165) is 5.92 Å². The van der Waals surface area contributed by atoms with Gasteiger partial charge in [0.05, 0.1) is 0 Å². The summed E-state index contributed by atoms with van der Waals surface area (Å²) >= 11 is 0. The normalized spacial score (nSPS) is 27.1. The molecule has 2 heterocycles. The Morgan fingerprint density at radius 2 is 2.29 bits per heavy atom. The van der Waals surface area contributed by atoms with Gasteiger partial charge in [0.25, 0.3) is 0 Å². The maximum atomic E-state index is 3.70. The Labute approximate surface area is 102 Å². The first-order valence-electron chi connectivity index (χ1n) is 6.65. The number of nitrogens with zero attached hydrogens (tertiary/aromatic N) is 1. The number of nitrogens with one attached hydrogen (secondary N) is 1. The molecule has 1 aliphatic carbocycles. The average Bonchev–Trinajstić information content (AvgIpc) is 2.68. The van der Waals surface area contributed by atoms with Crippen LogP contribution in [0.25, 0.3) is 10.9 Å². The maximum Gasteiger partial charge on any atom is 0.0483 e. The molecule has 1 N–H and O–H groups in total. The highest BCUT2D eigenvalue weighted by Gasteiger charge is 2.32. The molecule has 1 fully saturated rings. The molecule has 2 heteroatoms. The quantitative estimate of drug-likeness (QED) is 0.730. The van der Waals surface area contributed by atoms with Crippen LogP contribution >= 0.6 is 0 Å². The molecule has 0 spiro atoms. The van der Waals surface area contributed by atoms with Gasteiger partial charge in [-0.1, -0.05) is 12.1 Å². The van der Waals surface area contributed by atoms with Crippen LogP contribution in [0.3, 0.4) is 0 Å². The molecule has 0 saturated carbocycles. The van der Waals surface area contributed by atoms with E-state index >= 15 is 0 Å². The standard InChI is InChI=1S/C15H18N2/c1-17-9-10-8-13-11(5-3-7-16-13)12-4-2-6-14(17)15(10)12/h2,4,6,9,11,13,16H,3,5,7-8H2,1H3/t11?,13-/m1/s1. The lowest BCUT2D eigenvalue weighted by Crippen LogP contribution is -2.43. The minimum atomic E-state index is 0.671. The summed E-state index contributed by atoms with van der Waals surface area (Å²) < 4.78 is 2.28. The van der Waals surface area contributed by atoms with Crippen LogP contribution in [0, 0.1) is 0 Å². The lowest BCUT2D eigenvalue weighted by Gasteiger charge is -2.36. The number of aryl methyl sites for hydroxylation is 1. The molecule has 1 aromatic carbocycles. The van der Waals surface area contributed by atoms with E-state index in [1.54, 1.807) is 10.9 Å². The summed E-state index contributed by atoms with van der Waals surface area (Å²) in [5.74, 6) is 0.738. The Bertz CT molecular complexity index is 582. The molecule has 4 rings (SSSR count). The topological polar surface area (TPSA) is 17.0 Å². The summed E-state index contributed by atoms with van der Waals surface area (Å²) in [6.45, 7) is 1.19. The zero-order chi connectivity index (χ0) is 11.4. The minimum absolute atomic E-state index is 0.671. The van der Waals surface area contributed by atoms with Crippen molar-refractivity contribution in [3.63, 3.8) is 0 Å². The third-order valence-electron chi connectivity index (χ3n) is 4.55. The van der Waals surface area contributed by atoms with Gasteiger partial charge in [-0.15, -0.1) is 0 Å². The Hall–Kier alpha value is -1.28. The van der Waals surface area contributed by atoms with Crippen LogP contribution in [-0.2, 0) is 13.5 Å². The van der Waals surface area contributed by atoms with Crippen LogP contribution in [-0.4, -0.2) is 17.2 Å². The van der Waals surface area contributed by atoms with E-state index in [1.165, 1.54) is 36.9 Å². The van der Waals surface area contributed by atoms with Crippen molar-refractivity contribution in [1.82, 2.24) is 9.88 Å². The first kappa shape index (κ1) is 9.72. The molecule has 1 aromatic heterocycles. The molecule has 1 aliphatic heterocycles. The Balaban J connectivity index is 2.00. The predicted octanol–water partition coefficient (Wildman–Crippen LogP) is 2.57. The van der Waals surface area contributed by atoms with E-state index in [-0.39, 0.29) is 0 Å². The summed E-state index contributed by atoms with van der Waals surface area (Å²) in [6.07, 6.45) is 6.20. The molecule has 1 saturated heterocycles. The first-order valence-corrected chi connectivity index (χ1v) is 6.65. The SMILES string of the molecule is Cn1cc2c3c(cccc31)C1CCCN[C@@H]1C2. The number of aromatic nitrogens is 1. The number of piperidine rings is 1. The van der Waals surface area contributed by atoms with Crippen molar-refractivity contribution < 1.29 is 0 Å². The van der Waals surface area contributed by atoms with Gasteiger partial charge in [0.2, 0.25) is 0 Å². The Morgan fingerprint density at radius 3 is 3.24 bits per heavy atom. The zero-order valence-electron chi connectivity index (χ0n) is 10.2. The van der Waals surface area contributed by atoms with Gasteiger partial charge < -0.3 is 9.88 Å². The highest BCUT2D eigenvalue weighted by molar-refractivity contribution is 5.89. The average molecular weight is 226 g/mol. The smallest absolute Gasteiger partial charge is 0.0483 e. The number of hydrogen-bond acceptors (Lipinski definition) is 1. The maximum absolute atomic E-state index is 3.70. The van der Waals surface area contributed by atoms with Gasteiger partial charge in [-0.05, 0) is 43.0 Å². The van der Waals surface area contributed by atoms with Gasteiger partial charge >= 0.3 is 0 Å². The third-order valence-corrected chi connectivity index (χ3v) is 4.55. The fraction of sp³-hybridized carbons (Fsp3) is 0.467. The molecule has 0 radical (unpaired) electrons. The number of rotatable bonds is 0. The molecule has 88 valence electrons. The number of fused-ring (bicyclic) bond motifs is 2. The van der Waals surface area contributed by atoms with Crippen molar-refractivity contribution in [3.05, 3.63) is 35.5 Å². The van der Waals surface area contributed by atoms with E-state index in [9.17, 15) is 0 Å². The molecule has 0 bridgehead atoms. The first-order chi connectivity index (χ1) is 8.34. The summed E-state index contributed by atoms with van der Waals surface area (Å²) in [4.78, 5) is 0. The Morgan fingerprint density at radius 1 is 1.35 bits per heavy atom. The van der Waals surface area contributed by atoms with E-state index in [4.69, 9.17) is 0 Å². The summed E-state index contributed by atoms with van der Waals surface area (Å²) in [7, 11) is 2.16. The molecule has 1 unspecified atom stereocenters. The molecular formula is C15H18N2. The molecular weight excluding hydrogens is 208 g/mol. The van der Waals surface area contributed by atoms with Crippen molar-refractivity contribution in [2.45, 2.75) is 31.2 Å². The van der Waals surface area contributed by atoms with Gasteiger partial charge in [0.15, 0.2) is 0 Å². The molecule has 2 atom stereocenters. The van der Waals surface area contributed by atoms with Gasteiger partial charge in [-0.25, -0.2) is 0 Å². The van der Waals surface area contributed by atoms with Crippen LogP contribution in [0.15, 0.2) is 24.4 Å². The number of hydrogen-bond donors (Lipinski definition) is 1. The predicted molar refractivity (Wildman–Crippen MR) is 70.4 cm³/mol. The van der Waals surface area contributed by atoms with Gasteiger partial charge in [0.1, 0.15) is 0 Å². The van der Waals surface area contributed by atoms with Crippen LogP contribution in [0.5, 0.6) is 0 Å². The lowest BCUT2D eigenvalue weighted by atomic mass is 9.76. The van der Waals surface area contributed by atoms with Crippen LogP contribution in [0.2, 0.25) is 0 Å². The highest BCUT2D eigenvalue weighted by Crippen LogP contribution is 2.40. The second kappa shape index (κ2) is 3.36. The van der Waals surface area contributed by atoms with Crippen molar-refractivity contribution in [2.75, 3.05) is 6.54 Å². The highest BCUT2D eigenvalue weighted by atomic mass is 15.0. The van der Waals surface area contributed by atoms with Crippen molar-refractivity contribution in [2.24, 2.45) is 7.05 Å². The van der Waals surface area contributed by atoms with Gasteiger partial charge in [-0.3, -0.25) is 0 Å². The van der Waals surface area contributed by atoms with Crippen LogP contribution in [0.4, 0.5) is 0 Å².